The van der Waals surface area contributed by atoms with E-state index in [9.17, 15) is 0 Å². The van der Waals surface area contributed by atoms with Gasteiger partial charge in [-0.25, -0.2) is 0 Å². The van der Waals surface area contributed by atoms with E-state index in [0.717, 1.165) is 18.7 Å². The molecule has 3 rings (SSSR count). The van der Waals surface area contributed by atoms with Crippen LogP contribution < -0.4 is 5.32 Å². The molecule has 3 heterocycles. The number of hydrogen-bond acceptors (Lipinski definition) is 3. The van der Waals surface area contributed by atoms with E-state index < -0.39 is 0 Å². The zero-order valence-corrected chi connectivity index (χ0v) is 10.8. The lowest BCUT2D eigenvalue weighted by Crippen LogP contribution is -2.53. The van der Waals surface area contributed by atoms with Gasteiger partial charge in [-0.1, -0.05) is 13.8 Å². The number of fused-ring (bicyclic) bond motifs is 2. The van der Waals surface area contributed by atoms with E-state index in [2.05, 4.69) is 37.0 Å². The minimum Gasteiger partial charge on any atom is -0.467 e. The van der Waals surface area contributed by atoms with Gasteiger partial charge in [-0.2, -0.15) is 11.8 Å². The molecule has 1 fully saturated rings. The van der Waals surface area contributed by atoms with E-state index in [-0.39, 0.29) is 5.54 Å². The Morgan fingerprint density at radius 2 is 2.25 bits per heavy atom. The summed E-state index contributed by atoms with van der Waals surface area (Å²) in [6, 6.07) is 2.14. The van der Waals surface area contributed by atoms with Gasteiger partial charge in [-0.3, -0.25) is 0 Å². The molecule has 1 aromatic heterocycles. The van der Waals surface area contributed by atoms with Crippen molar-refractivity contribution in [2.24, 2.45) is 5.41 Å². The van der Waals surface area contributed by atoms with Crippen molar-refractivity contribution in [1.82, 2.24) is 5.32 Å². The summed E-state index contributed by atoms with van der Waals surface area (Å²) < 4.78 is 5.77. The second kappa shape index (κ2) is 3.54. The average Bonchev–Trinajstić information content (AvgIpc) is 2.65. The van der Waals surface area contributed by atoms with Crippen LogP contribution in [0, 0.1) is 5.41 Å². The highest BCUT2D eigenvalue weighted by Crippen LogP contribution is 2.46. The van der Waals surface area contributed by atoms with E-state index in [1.54, 1.807) is 0 Å². The van der Waals surface area contributed by atoms with Crippen LogP contribution in [0.25, 0.3) is 0 Å². The molecule has 88 valence electrons. The third kappa shape index (κ3) is 1.61. The fourth-order valence-electron chi connectivity index (χ4n) is 3.15. The van der Waals surface area contributed by atoms with Gasteiger partial charge in [-0.15, -0.1) is 0 Å². The van der Waals surface area contributed by atoms with E-state index in [4.69, 9.17) is 4.42 Å². The Morgan fingerprint density at radius 3 is 3.06 bits per heavy atom. The van der Waals surface area contributed by atoms with E-state index >= 15 is 0 Å². The van der Waals surface area contributed by atoms with Crippen LogP contribution in [0.2, 0.25) is 0 Å². The first-order valence-corrected chi connectivity index (χ1v) is 7.17. The van der Waals surface area contributed by atoms with Crippen LogP contribution in [-0.2, 0) is 12.0 Å². The van der Waals surface area contributed by atoms with Gasteiger partial charge in [0.25, 0.3) is 0 Å². The van der Waals surface area contributed by atoms with Crippen molar-refractivity contribution >= 4 is 11.8 Å². The molecule has 2 aliphatic rings. The molecule has 1 saturated heterocycles. The zero-order chi connectivity index (χ0) is 11.2. The predicted octanol–water partition coefficient (Wildman–Crippen LogP) is 2.78. The molecular weight excluding hydrogens is 218 g/mol. The van der Waals surface area contributed by atoms with E-state index in [1.165, 1.54) is 23.5 Å². The van der Waals surface area contributed by atoms with Gasteiger partial charge in [0.05, 0.1) is 11.8 Å². The van der Waals surface area contributed by atoms with Gasteiger partial charge in [0.15, 0.2) is 0 Å². The number of hydrogen-bond donors (Lipinski definition) is 1. The van der Waals surface area contributed by atoms with Crippen molar-refractivity contribution in [2.75, 3.05) is 18.1 Å². The summed E-state index contributed by atoms with van der Waals surface area (Å²) in [6.07, 6.45) is 4.15. The SMILES string of the molecule is CC1(C)CSCC2(C1)NCCc1ccoc12. The number of rotatable bonds is 0. The highest BCUT2D eigenvalue weighted by atomic mass is 32.2. The second-order valence-corrected chi connectivity index (χ2v) is 6.85. The summed E-state index contributed by atoms with van der Waals surface area (Å²) in [6.45, 7) is 5.81. The molecule has 1 aromatic rings. The maximum absolute atomic E-state index is 5.77. The molecule has 1 unspecified atom stereocenters. The minimum atomic E-state index is 0.101. The van der Waals surface area contributed by atoms with E-state index in [0.29, 0.717) is 5.41 Å². The number of thioether (sulfide) groups is 1. The van der Waals surface area contributed by atoms with Crippen LogP contribution in [0.1, 0.15) is 31.6 Å². The normalized spacial score (nSPS) is 32.6. The van der Waals surface area contributed by atoms with Gasteiger partial charge < -0.3 is 9.73 Å². The van der Waals surface area contributed by atoms with Gasteiger partial charge >= 0.3 is 0 Å². The van der Waals surface area contributed by atoms with Crippen molar-refractivity contribution in [2.45, 2.75) is 32.2 Å². The summed E-state index contributed by atoms with van der Waals surface area (Å²) in [5, 5.41) is 3.72. The van der Waals surface area contributed by atoms with Crippen molar-refractivity contribution in [3.63, 3.8) is 0 Å². The summed E-state index contributed by atoms with van der Waals surface area (Å²) in [5.41, 5.74) is 1.91. The fourth-order valence-corrected chi connectivity index (χ4v) is 4.59. The Kier molecular flexibility index (Phi) is 2.37. The predicted molar refractivity (Wildman–Crippen MR) is 67.8 cm³/mol. The molecule has 0 aliphatic carbocycles. The summed E-state index contributed by atoms with van der Waals surface area (Å²) >= 11 is 2.05. The molecule has 0 aromatic carbocycles. The summed E-state index contributed by atoms with van der Waals surface area (Å²) in [4.78, 5) is 0. The highest BCUT2D eigenvalue weighted by molar-refractivity contribution is 7.99. The van der Waals surface area contributed by atoms with Crippen LogP contribution in [0.3, 0.4) is 0 Å². The molecule has 3 heteroatoms. The lowest BCUT2D eigenvalue weighted by molar-refractivity contribution is 0.184. The van der Waals surface area contributed by atoms with E-state index in [1.807, 2.05) is 6.26 Å². The van der Waals surface area contributed by atoms with Crippen LogP contribution in [0.5, 0.6) is 0 Å². The van der Waals surface area contributed by atoms with Gasteiger partial charge in [0.1, 0.15) is 5.76 Å². The largest absolute Gasteiger partial charge is 0.467 e. The van der Waals surface area contributed by atoms with Crippen molar-refractivity contribution < 1.29 is 4.42 Å². The second-order valence-electron chi connectivity index (χ2n) is 5.87. The lowest BCUT2D eigenvalue weighted by Gasteiger charge is -2.46. The average molecular weight is 237 g/mol. The molecule has 16 heavy (non-hydrogen) atoms. The van der Waals surface area contributed by atoms with Crippen molar-refractivity contribution in [3.05, 3.63) is 23.7 Å². The molecule has 0 radical (unpaired) electrons. The van der Waals surface area contributed by atoms with Gasteiger partial charge in [0.2, 0.25) is 0 Å². The third-order valence-electron chi connectivity index (χ3n) is 3.66. The monoisotopic (exact) mass is 237 g/mol. The lowest BCUT2D eigenvalue weighted by atomic mass is 9.76. The summed E-state index contributed by atoms with van der Waals surface area (Å²) in [7, 11) is 0. The topological polar surface area (TPSA) is 25.2 Å². The Balaban J connectivity index is 2.00. The molecule has 1 spiro atoms. The molecular formula is C13H19NOS. The van der Waals surface area contributed by atoms with Crippen molar-refractivity contribution in [1.29, 1.82) is 0 Å². The molecule has 2 nitrogen and oxygen atoms in total. The van der Waals surface area contributed by atoms with Gasteiger partial charge in [0, 0.05) is 12.3 Å². The maximum Gasteiger partial charge on any atom is 0.127 e. The molecule has 0 saturated carbocycles. The summed E-state index contributed by atoms with van der Waals surface area (Å²) in [5.74, 6) is 3.61. The van der Waals surface area contributed by atoms with Crippen LogP contribution in [0.4, 0.5) is 0 Å². The first kappa shape index (κ1) is 10.7. The standard InChI is InChI=1S/C13H19NOS/c1-12(2)7-13(9-16-8-12)11-10(3-5-14-13)4-6-15-11/h4,6,14H,3,5,7-9H2,1-2H3. The molecule has 1 atom stereocenters. The van der Waals surface area contributed by atoms with Crippen LogP contribution in [0.15, 0.2) is 16.7 Å². The molecule has 2 aliphatic heterocycles. The maximum atomic E-state index is 5.77. The fraction of sp³-hybridized carbons (Fsp3) is 0.692. The quantitative estimate of drug-likeness (QED) is 0.751. The molecule has 0 bridgehead atoms. The first-order valence-electron chi connectivity index (χ1n) is 6.01. The third-order valence-corrected chi connectivity index (χ3v) is 5.34. The number of furan rings is 1. The Hall–Kier alpha value is -0.410. The zero-order valence-electron chi connectivity index (χ0n) is 10.0. The Labute approximate surface area is 101 Å². The first-order chi connectivity index (χ1) is 7.61. The molecule has 1 N–H and O–H groups in total. The van der Waals surface area contributed by atoms with Crippen LogP contribution in [-0.4, -0.2) is 18.1 Å². The Morgan fingerprint density at radius 1 is 1.38 bits per heavy atom. The van der Waals surface area contributed by atoms with Gasteiger partial charge in [-0.05, 0) is 35.6 Å². The van der Waals surface area contributed by atoms with Crippen LogP contribution >= 0.6 is 11.8 Å². The van der Waals surface area contributed by atoms with Crippen molar-refractivity contribution in [3.8, 4) is 0 Å². The minimum absolute atomic E-state index is 0.101. The highest BCUT2D eigenvalue weighted by Gasteiger charge is 2.46. The molecule has 0 amide bonds. The smallest absolute Gasteiger partial charge is 0.127 e. The number of nitrogens with one attached hydrogen (secondary N) is 1. The Bertz CT molecular complexity index is 398.